The largest absolute Gasteiger partial charge is 0.324 e. The molecule has 1 fully saturated rings. The van der Waals surface area contributed by atoms with Crippen LogP contribution in [-0.2, 0) is 9.59 Å². The highest BCUT2D eigenvalue weighted by Crippen LogP contribution is 2.32. The van der Waals surface area contributed by atoms with Crippen LogP contribution in [0.2, 0.25) is 0 Å². The summed E-state index contributed by atoms with van der Waals surface area (Å²) in [6.45, 7) is 2.74. The standard InChI is InChI=1S/C17H18N2O2S/c1-2-10-18-15(20)12-19(13-7-4-3-5-8-13)17(21)16(18)14-9-6-11-22-14/h3-9,11,16H,2,10,12H2,1H3/t16-/m0/s1. The van der Waals surface area contributed by atoms with E-state index in [0.29, 0.717) is 6.54 Å². The van der Waals surface area contributed by atoms with E-state index in [1.165, 1.54) is 11.3 Å². The highest BCUT2D eigenvalue weighted by atomic mass is 32.1. The second-order valence-corrected chi connectivity index (χ2v) is 6.24. The molecular formula is C17H18N2O2S. The van der Waals surface area contributed by atoms with Crippen molar-refractivity contribution in [3.63, 3.8) is 0 Å². The van der Waals surface area contributed by atoms with Crippen molar-refractivity contribution in [2.45, 2.75) is 19.4 Å². The smallest absolute Gasteiger partial charge is 0.255 e. The number of hydrogen-bond donors (Lipinski definition) is 0. The number of anilines is 1. The first-order valence-electron chi connectivity index (χ1n) is 7.41. The van der Waals surface area contributed by atoms with Crippen LogP contribution in [0, 0.1) is 0 Å². The third kappa shape index (κ3) is 2.64. The zero-order valence-electron chi connectivity index (χ0n) is 12.4. The van der Waals surface area contributed by atoms with Gasteiger partial charge in [-0.15, -0.1) is 11.3 Å². The first-order valence-corrected chi connectivity index (χ1v) is 8.29. The Morgan fingerprint density at radius 2 is 1.91 bits per heavy atom. The highest BCUT2D eigenvalue weighted by Gasteiger charge is 2.40. The Morgan fingerprint density at radius 1 is 1.14 bits per heavy atom. The van der Waals surface area contributed by atoms with Crippen LogP contribution in [0.15, 0.2) is 47.8 Å². The van der Waals surface area contributed by atoms with Gasteiger partial charge in [0.05, 0.1) is 0 Å². The SMILES string of the molecule is CCCN1C(=O)CN(c2ccccc2)C(=O)[C@@H]1c1cccs1. The number of piperazine rings is 1. The van der Waals surface area contributed by atoms with Gasteiger partial charge in [-0.05, 0) is 30.0 Å². The number of rotatable bonds is 4. The molecule has 0 radical (unpaired) electrons. The predicted molar refractivity (Wildman–Crippen MR) is 87.9 cm³/mol. The second-order valence-electron chi connectivity index (χ2n) is 5.27. The van der Waals surface area contributed by atoms with Crippen molar-refractivity contribution < 1.29 is 9.59 Å². The molecule has 3 rings (SSSR count). The van der Waals surface area contributed by atoms with Crippen molar-refractivity contribution in [1.29, 1.82) is 0 Å². The predicted octanol–water partition coefficient (Wildman–Crippen LogP) is 3.07. The van der Waals surface area contributed by atoms with E-state index < -0.39 is 6.04 Å². The molecule has 2 heterocycles. The van der Waals surface area contributed by atoms with Gasteiger partial charge in [0.1, 0.15) is 12.6 Å². The van der Waals surface area contributed by atoms with Gasteiger partial charge in [0.25, 0.3) is 5.91 Å². The molecule has 2 amide bonds. The number of benzene rings is 1. The van der Waals surface area contributed by atoms with E-state index in [9.17, 15) is 9.59 Å². The molecule has 2 aromatic rings. The zero-order valence-corrected chi connectivity index (χ0v) is 13.3. The molecule has 0 N–H and O–H groups in total. The molecule has 1 aliphatic heterocycles. The molecule has 5 heteroatoms. The summed E-state index contributed by atoms with van der Waals surface area (Å²) in [5.74, 6) is -0.0228. The summed E-state index contributed by atoms with van der Waals surface area (Å²) < 4.78 is 0. The third-order valence-electron chi connectivity index (χ3n) is 3.77. The normalized spacial score (nSPS) is 18.9. The fraction of sp³-hybridized carbons (Fsp3) is 0.294. The van der Waals surface area contributed by atoms with Crippen LogP contribution >= 0.6 is 11.3 Å². The lowest BCUT2D eigenvalue weighted by molar-refractivity contribution is -0.143. The quantitative estimate of drug-likeness (QED) is 0.870. The topological polar surface area (TPSA) is 40.6 Å². The summed E-state index contributed by atoms with van der Waals surface area (Å²) in [7, 11) is 0. The van der Waals surface area contributed by atoms with Crippen LogP contribution in [-0.4, -0.2) is 29.8 Å². The van der Waals surface area contributed by atoms with Gasteiger partial charge in [-0.3, -0.25) is 9.59 Å². The number of nitrogens with zero attached hydrogens (tertiary/aromatic N) is 2. The number of thiophene rings is 1. The van der Waals surface area contributed by atoms with Gasteiger partial charge < -0.3 is 9.80 Å². The summed E-state index contributed by atoms with van der Waals surface area (Å²) in [6.07, 6.45) is 0.840. The van der Waals surface area contributed by atoms with Crippen molar-refractivity contribution in [3.05, 3.63) is 52.7 Å². The monoisotopic (exact) mass is 314 g/mol. The molecule has 114 valence electrons. The fourth-order valence-electron chi connectivity index (χ4n) is 2.77. The van der Waals surface area contributed by atoms with Gasteiger partial charge in [0, 0.05) is 17.1 Å². The molecule has 0 saturated carbocycles. The Labute approximate surface area is 134 Å². The molecule has 0 bridgehead atoms. The molecule has 1 saturated heterocycles. The van der Waals surface area contributed by atoms with E-state index in [0.717, 1.165) is 17.0 Å². The van der Waals surface area contributed by atoms with E-state index in [-0.39, 0.29) is 18.4 Å². The van der Waals surface area contributed by atoms with Gasteiger partial charge >= 0.3 is 0 Å². The summed E-state index contributed by atoms with van der Waals surface area (Å²) in [5.41, 5.74) is 0.776. The number of amides is 2. The molecule has 1 aliphatic rings. The molecule has 1 aromatic carbocycles. The Balaban J connectivity index is 1.98. The average Bonchev–Trinajstić information content (AvgIpc) is 3.06. The molecule has 1 aromatic heterocycles. The minimum Gasteiger partial charge on any atom is -0.324 e. The molecule has 1 atom stereocenters. The summed E-state index contributed by atoms with van der Waals surface area (Å²) >= 11 is 1.52. The maximum Gasteiger partial charge on any atom is 0.255 e. The molecule has 0 unspecified atom stereocenters. The van der Waals surface area contributed by atoms with Gasteiger partial charge in [0.15, 0.2) is 0 Å². The van der Waals surface area contributed by atoms with Crippen LogP contribution in [0.3, 0.4) is 0 Å². The minimum atomic E-state index is -0.499. The van der Waals surface area contributed by atoms with Gasteiger partial charge in [-0.2, -0.15) is 0 Å². The van der Waals surface area contributed by atoms with Crippen molar-refractivity contribution in [3.8, 4) is 0 Å². The van der Waals surface area contributed by atoms with Crippen LogP contribution in [0.1, 0.15) is 24.3 Å². The van der Waals surface area contributed by atoms with E-state index in [1.54, 1.807) is 9.80 Å². The van der Waals surface area contributed by atoms with Gasteiger partial charge in [-0.1, -0.05) is 31.2 Å². The number of hydrogen-bond acceptors (Lipinski definition) is 3. The maximum absolute atomic E-state index is 13.0. The second kappa shape index (κ2) is 6.32. The maximum atomic E-state index is 13.0. The highest BCUT2D eigenvalue weighted by molar-refractivity contribution is 7.10. The first kappa shape index (κ1) is 14.8. The van der Waals surface area contributed by atoms with Crippen LogP contribution in [0.25, 0.3) is 0 Å². The minimum absolute atomic E-state index is 0.00343. The molecule has 4 nitrogen and oxygen atoms in total. The first-order chi connectivity index (χ1) is 10.7. The van der Waals surface area contributed by atoms with Crippen molar-refractivity contribution >= 4 is 28.8 Å². The van der Waals surface area contributed by atoms with Gasteiger partial charge in [-0.25, -0.2) is 0 Å². The van der Waals surface area contributed by atoms with E-state index in [2.05, 4.69) is 0 Å². The fourth-order valence-corrected chi connectivity index (χ4v) is 3.60. The lowest BCUT2D eigenvalue weighted by atomic mass is 10.1. The average molecular weight is 314 g/mol. The number of carbonyl (C=O) groups excluding carboxylic acids is 2. The molecule has 0 aliphatic carbocycles. The van der Waals surface area contributed by atoms with Gasteiger partial charge in [0.2, 0.25) is 5.91 Å². The number of carbonyl (C=O) groups is 2. The molecular weight excluding hydrogens is 296 g/mol. The van der Waals surface area contributed by atoms with E-state index >= 15 is 0 Å². The van der Waals surface area contributed by atoms with Crippen LogP contribution in [0.5, 0.6) is 0 Å². The zero-order chi connectivity index (χ0) is 15.5. The summed E-state index contributed by atoms with van der Waals surface area (Å²) in [5, 5.41) is 1.94. The Kier molecular flexibility index (Phi) is 4.24. The van der Waals surface area contributed by atoms with Crippen molar-refractivity contribution in [2.75, 3.05) is 18.0 Å². The summed E-state index contributed by atoms with van der Waals surface area (Å²) in [6, 6.07) is 12.7. The lowest BCUT2D eigenvalue weighted by Crippen LogP contribution is -2.55. The lowest BCUT2D eigenvalue weighted by Gasteiger charge is -2.39. The third-order valence-corrected chi connectivity index (χ3v) is 4.70. The van der Waals surface area contributed by atoms with Crippen molar-refractivity contribution in [2.24, 2.45) is 0 Å². The summed E-state index contributed by atoms with van der Waals surface area (Å²) in [4.78, 5) is 29.8. The van der Waals surface area contributed by atoms with Crippen LogP contribution in [0.4, 0.5) is 5.69 Å². The Morgan fingerprint density at radius 3 is 2.55 bits per heavy atom. The Hall–Kier alpha value is -2.14. The molecule has 22 heavy (non-hydrogen) atoms. The number of para-hydroxylation sites is 1. The molecule has 0 spiro atoms. The van der Waals surface area contributed by atoms with E-state index in [1.807, 2.05) is 54.8 Å². The van der Waals surface area contributed by atoms with E-state index in [4.69, 9.17) is 0 Å². The van der Waals surface area contributed by atoms with Crippen LogP contribution < -0.4 is 4.90 Å². The Bertz CT molecular complexity index is 655. The van der Waals surface area contributed by atoms with Crippen molar-refractivity contribution in [1.82, 2.24) is 4.90 Å².